The zero-order valence-corrected chi connectivity index (χ0v) is 12.4. The molecule has 1 heterocycles. The van der Waals surface area contributed by atoms with Crippen LogP contribution >= 0.6 is 11.3 Å². The van der Waals surface area contributed by atoms with E-state index in [9.17, 15) is 0 Å². The van der Waals surface area contributed by atoms with Crippen molar-refractivity contribution in [1.29, 1.82) is 0 Å². The summed E-state index contributed by atoms with van der Waals surface area (Å²) in [6, 6.07) is 0. The minimum atomic E-state index is -0.337. The Labute approximate surface area is 108 Å². The average molecular weight is 256 g/mol. The molecule has 0 saturated heterocycles. The molecule has 0 aliphatic carbocycles. The first-order valence-corrected chi connectivity index (χ1v) is 7.03. The maximum atomic E-state index is 6.20. The summed E-state index contributed by atoms with van der Waals surface area (Å²) in [5.41, 5.74) is 6.87. The third-order valence-corrected chi connectivity index (χ3v) is 4.51. The van der Waals surface area contributed by atoms with Crippen molar-refractivity contribution in [2.24, 2.45) is 5.73 Å². The van der Waals surface area contributed by atoms with Crippen LogP contribution in [0.4, 0.5) is 0 Å². The van der Waals surface area contributed by atoms with Crippen LogP contribution in [0.1, 0.15) is 62.0 Å². The predicted octanol–water partition coefficient (Wildman–Crippen LogP) is 3.39. The van der Waals surface area contributed by atoms with Gasteiger partial charge in [-0.2, -0.15) is 0 Å². The first kappa shape index (κ1) is 14.6. The number of aromatic nitrogens is 1. The van der Waals surface area contributed by atoms with E-state index in [2.05, 4.69) is 13.8 Å². The first-order chi connectivity index (χ1) is 7.93. The Balaban J connectivity index is 3.11. The van der Waals surface area contributed by atoms with E-state index in [1.54, 1.807) is 18.4 Å². The molecule has 0 amide bonds. The molecule has 0 spiro atoms. The maximum Gasteiger partial charge on any atom is 0.0963 e. The molecule has 1 aromatic heterocycles. The van der Waals surface area contributed by atoms with Crippen molar-refractivity contribution in [1.82, 2.24) is 4.98 Å². The minimum absolute atomic E-state index is 0.337. The van der Waals surface area contributed by atoms with E-state index in [0.29, 0.717) is 12.5 Å². The van der Waals surface area contributed by atoms with Crippen LogP contribution in [0.25, 0.3) is 0 Å². The van der Waals surface area contributed by atoms with Crippen LogP contribution in [-0.2, 0) is 16.9 Å². The fourth-order valence-electron chi connectivity index (χ4n) is 1.92. The quantitative estimate of drug-likeness (QED) is 0.848. The molecule has 0 saturated carbocycles. The summed E-state index contributed by atoms with van der Waals surface area (Å²) in [6.07, 6.45) is 2.25. The highest BCUT2D eigenvalue weighted by molar-refractivity contribution is 7.12. The Morgan fingerprint density at radius 1 is 1.35 bits per heavy atom. The van der Waals surface area contributed by atoms with Crippen LogP contribution in [0.2, 0.25) is 0 Å². The van der Waals surface area contributed by atoms with Crippen LogP contribution in [0.3, 0.4) is 0 Å². The molecule has 17 heavy (non-hydrogen) atoms. The number of nitrogens with two attached hydrogens (primary N) is 1. The van der Waals surface area contributed by atoms with Gasteiger partial charge in [0.25, 0.3) is 0 Å². The van der Waals surface area contributed by atoms with Crippen LogP contribution in [0.5, 0.6) is 0 Å². The van der Waals surface area contributed by atoms with Gasteiger partial charge in [0.1, 0.15) is 0 Å². The molecular formula is C13H24N2OS. The van der Waals surface area contributed by atoms with Crippen molar-refractivity contribution < 1.29 is 4.74 Å². The Bertz CT molecular complexity index is 351. The number of hydrogen-bond donors (Lipinski definition) is 1. The van der Waals surface area contributed by atoms with Gasteiger partial charge in [-0.05, 0) is 26.7 Å². The minimum Gasteiger partial charge on any atom is -0.378 e. The predicted molar refractivity (Wildman–Crippen MR) is 73.4 cm³/mol. The smallest absolute Gasteiger partial charge is 0.0963 e. The average Bonchev–Trinajstić information content (AvgIpc) is 2.64. The molecule has 1 aromatic rings. The van der Waals surface area contributed by atoms with Gasteiger partial charge in [0, 0.05) is 23.4 Å². The Morgan fingerprint density at radius 2 is 1.94 bits per heavy atom. The van der Waals surface area contributed by atoms with Crippen molar-refractivity contribution >= 4 is 11.3 Å². The van der Waals surface area contributed by atoms with Crippen LogP contribution in [0, 0.1) is 0 Å². The number of thiazole rings is 1. The van der Waals surface area contributed by atoms with Gasteiger partial charge in [-0.3, -0.25) is 0 Å². The SMILES string of the molecule is CCC(CC)c1nc(COC)c(C(C)(C)N)s1. The lowest BCUT2D eigenvalue weighted by atomic mass is 10.0. The number of ether oxygens (including phenoxy) is 1. The summed E-state index contributed by atoms with van der Waals surface area (Å²) < 4.78 is 5.21. The van der Waals surface area contributed by atoms with Crippen molar-refractivity contribution in [2.75, 3.05) is 7.11 Å². The molecule has 2 N–H and O–H groups in total. The number of nitrogens with zero attached hydrogens (tertiary/aromatic N) is 1. The Hall–Kier alpha value is -0.450. The van der Waals surface area contributed by atoms with Crippen molar-refractivity contribution in [3.63, 3.8) is 0 Å². The highest BCUT2D eigenvalue weighted by Crippen LogP contribution is 2.34. The van der Waals surface area contributed by atoms with E-state index >= 15 is 0 Å². The molecule has 0 atom stereocenters. The topological polar surface area (TPSA) is 48.1 Å². The fourth-order valence-corrected chi connectivity index (χ4v) is 3.27. The Morgan fingerprint density at radius 3 is 2.35 bits per heavy atom. The zero-order chi connectivity index (χ0) is 13.1. The molecule has 0 aliphatic rings. The molecule has 0 radical (unpaired) electrons. The highest BCUT2D eigenvalue weighted by Gasteiger charge is 2.25. The first-order valence-electron chi connectivity index (χ1n) is 6.21. The molecule has 1 rings (SSSR count). The Kier molecular flexibility index (Phi) is 5.10. The van der Waals surface area contributed by atoms with Crippen molar-refractivity contribution in [3.8, 4) is 0 Å². The van der Waals surface area contributed by atoms with Gasteiger partial charge in [0.2, 0.25) is 0 Å². The van der Waals surface area contributed by atoms with Crippen LogP contribution in [-0.4, -0.2) is 12.1 Å². The van der Waals surface area contributed by atoms with Gasteiger partial charge >= 0.3 is 0 Å². The van der Waals surface area contributed by atoms with Gasteiger partial charge in [0.05, 0.1) is 17.3 Å². The molecule has 0 unspecified atom stereocenters. The highest BCUT2D eigenvalue weighted by atomic mass is 32.1. The van der Waals surface area contributed by atoms with E-state index in [-0.39, 0.29) is 5.54 Å². The molecular weight excluding hydrogens is 232 g/mol. The summed E-state index contributed by atoms with van der Waals surface area (Å²) in [7, 11) is 1.70. The maximum absolute atomic E-state index is 6.20. The molecule has 0 aromatic carbocycles. The molecule has 98 valence electrons. The van der Waals surface area contributed by atoms with E-state index in [1.165, 1.54) is 5.01 Å². The van der Waals surface area contributed by atoms with Crippen LogP contribution in [0.15, 0.2) is 0 Å². The molecule has 0 fully saturated rings. The van der Waals surface area contributed by atoms with E-state index < -0.39 is 0 Å². The summed E-state index contributed by atoms with van der Waals surface area (Å²) in [5, 5.41) is 1.20. The summed E-state index contributed by atoms with van der Waals surface area (Å²) in [5.74, 6) is 0.548. The molecule has 0 aliphatic heterocycles. The van der Waals surface area contributed by atoms with Crippen molar-refractivity contribution in [3.05, 3.63) is 15.6 Å². The van der Waals surface area contributed by atoms with E-state index in [1.807, 2.05) is 13.8 Å². The lowest BCUT2D eigenvalue weighted by Gasteiger charge is -2.17. The number of methoxy groups -OCH3 is 1. The van der Waals surface area contributed by atoms with E-state index in [4.69, 9.17) is 15.5 Å². The van der Waals surface area contributed by atoms with Gasteiger partial charge in [-0.25, -0.2) is 4.98 Å². The summed E-state index contributed by atoms with van der Waals surface area (Å²) in [6.45, 7) is 9.01. The lowest BCUT2D eigenvalue weighted by Crippen LogP contribution is -2.28. The number of hydrogen-bond acceptors (Lipinski definition) is 4. The molecule has 0 bridgehead atoms. The standard InChI is InChI=1S/C13H24N2OS/c1-6-9(7-2)12-15-10(8-16-5)11(17-12)13(3,4)14/h9H,6-8,14H2,1-5H3. The second kappa shape index (κ2) is 5.94. The molecule has 4 heteroatoms. The van der Waals surface area contributed by atoms with Gasteiger partial charge < -0.3 is 10.5 Å². The molecule has 3 nitrogen and oxygen atoms in total. The fraction of sp³-hybridized carbons (Fsp3) is 0.769. The second-order valence-corrected chi connectivity index (χ2v) is 6.03. The normalized spacial score (nSPS) is 12.4. The van der Waals surface area contributed by atoms with Crippen molar-refractivity contribution in [2.45, 2.75) is 58.6 Å². The number of rotatable bonds is 6. The monoisotopic (exact) mass is 256 g/mol. The van der Waals surface area contributed by atoms with Crippen LogP contribution < -0.4 is 5.73 Å². The zero-order valence-electron chi connectivity index (χ0n) is 11.5. The largest absolute Gasteiger partial charge is 0.378 e. The third-order valence-electron chi connectivity index (χ3n) is 2.91. The van der Waals surface area contributed by atoms with Gasteiger partial charge in [0.15, 0.2) is 0 Å². The van der Waals surface area contributed by atoms with Gasteiger partial charge in [-0.15, -0.1) is 11.3 Å². The summed E-state index contributed by atoms with van der Waals surface area (Å²) >= 11 is 1.75. The third kappa shape index (κ3) is 3.50. The van der Waals surface area contributed by atoms with Gasteiger partial charge in [-0.1, -0.05) is 13.8 Å². The van der Waals surface area contributed by atoms with E-state index in [0.717, 1.165) is 23.4 Å². The second-order valence-electron chi connectivity index (χ2n) is 5.00. The lowest BCUT2D eigenvalue weighted by molar-refractivity contribution is 0.180. The summed E-state index contributed by atoms with van der Waals surface area (Å²) in [4.78, 5) is 5.88.